The predicted octanol–water partition coefficient (Wildman–Crippen LogP) is 0.963. The number of carbonyl (C=O) groups is 2. The van der Waals surface area contributed by atoms with Gasteiger partial charge in [-0.15, -0.1) is 0 Å². The molecule has 18 heavy (non-hydrogen) atoms. The van der Waals surface area contributed by atoms with Crippen molar-refractivity contribution in [2.45, 2.75) is 39.2 Å². The van der Waals surface area contributed by atoms with Crippen LogP contribution in [0.15, 0.2) is 0 Å². The Morgan fingerprint density at radius 3 is 2.22 bits per heavy atom. The fourth-order valence-corrected chi connectivity index (χ4v) is 2.78. The van der Waals surface area contributed by atoms with Crippen molar-refractivity contribution in [3.05, 3.63) is 0 Å². The number of aliphatic carboxylic acids is 1. The lowest BCUT2D eigenvalue weighted by Crippen LogP contribution is -2.43. The summed E-state index contributed by atoms with van der Waals surface area (Å²) in [5.74, 6) is -1.85. The Balaban J connectivity index is 2.73. The Kier molecular flexibility index (Phi) is 4.37. The van der Waals surface area contributed by atoms with E-state index in [2.05, 4.69) is 0 Å². The average Bonchev–Trinajstić information content (AvgIpc) is 2.56. The highest BCUT2D eigenvalue weighted by atomic mass is 16.4. The topological polar surface area (TPSA) is 77.8 Å². The van der Waals surface area contributed by atoms with E-state index in [1.54, 1.807) is 20.9 Å². The van der Waals surface area contributed by atoms with E-state index in [1.165, 1.54) is 4.90 Å². The van der Waals surface area contributed by atoms with Crippen LogP contribution in [0.4, 0.5) is 0 Å². The quantitative estimate of drug-likeness (QED) is 0.786. The van der Waals surface area contributed by atoms with Crippen LogP contribution in [0.25, 0.3) is 0 Å². The van der Waals surface area contributed by atoms with Crippen molar-refractivity contribution < 1.29 is 19.8 Å². The van der Waals surface area contributed by atoms with E-state index in [0.29, 0.717) is 12.8 Å². The van der Waals surface area contributed by atoms with Crippen LogP contribution in [-0.4, -0.2) is 46.2 Å². The molecule has 0 aromatic heterocycles. The minimum atomic E-state index is -0.965. The number of carboxylic acid groups (broad SMARTS) is 1. The number of hydrogen-bond donors (Lipinski definition) is 2. The maximum absolute atomic E-state index is 12.2. The number of likely N-dealkylation sites (N-methyl/N-ethyl adjacent to an activating group) is 1. The third kappa shape index (κ3) is 3.70. The van der Waals surface area contributed by atoms with Crippen molar-refractivity contribution >= 4 is 11.9 Å². The molecule has 5 nitrogen and oxygen atoms in total. The van der Waals surface area contributed by atoms with E-state index >= 15 is 0 Å². The summed E-state index contributed by atoms with van der Waals surface area (Å²) < 4.78 is 0. The minimum Gasteiger partial charge on any atom is -0.481 e. The highest BCUT2D eigenvalue weighted by Gasteiger charge is 2.42. The molecule has 0 bridgehead atoms. The molecule has 5 heteroatoms. The summed E-state index contributed by atoms with van der Waals surface area (Å²) >= 11 is 0. The van der Waals surface area contributed by atoms with E-state index in [4.69, 9.17) is 5.11 Å². The molecule has 104 valence electrons. The lowest BCUT2D eigenvalue weighted by atomic mass is 9.94. The first kappa shape index (κ1) is 15.0. The second-order valence-electron chi connectivity index (χ2n) is 6.13. The van der Waals surface area contributed by atoms with Crippen molar-refractivity contribution in [1.29, 1.82) is 0 Å². The summed E-state index contributed by atoms with van der Waals surface area (Å²) in [6.45, 7) is 5.44. The Hall–Kier alpha value is -1.10. The maximum atomic E-state index is 12.2. The zero-order valence-corrected chi connectivity index (χ0v) is 11.5. The molecule has 0 spiro atoms. The lowest BCUT2D eigenvalue weighted by Gasteiger charge is -2.28. The number of aliphatic hydroxyl groups is 1. The monoisotopic (exact) mass is 257 g/mol. The molecule has 2 N–H and O–H groups in total. The number of nitrogens with zero attached hydrogens (tertiary/aromatic N) is 1. The molecular weight excluding hydrogens is 234 g/mol. The van der Waals surface area contributed by atoms with Gasteiger partial charge >= 0.3 is 5.97 Å². The number of rotatable bonds is 4. The molecule has 1 aliphatic rings. The molecule has 1 saturated carbocycles. The SMILES string of the molecule is CC1CC(C(=O)O)C(C(=O)N(C)CC(C)(C)O)C1. The molecule has 1 aliphatic carbocycles. The second kappa shape index (κ2) is 5.26. The van der Waals surface area contributed by atoms with Gasteiger partial charge in [0.05, 0.1) is 17.4 Å². The van der Waals surface area contributed by atoms with Crippen molar-refractivity contribution in [2.75, 3.05) is 13.6 Å². The number of hydrogen-bond acceptors (Lipinski definition) is 3. The summed E-state index contributed by atoms with van der Waals surface area (Å²) in [6.07, 6.45) is 1.17. The van der Waals surface area contributed by atoms with Crippen molar-refractivity contribution in [1.82, 2.24) is 4.90 Å². The van der Waals surface area contributed by atoms with Gasteiger partial charge in [0.15, 0.2) is 0 Å². The van der Waals surface area contributed by atoms with Crippen molar-refractivity contribution in [3.63, 3.8) is 0 Å². The van der Waals surface area contributed by atoms with Crippen LogP contribution >= 0.6 is 0 Å². The zero-order valence-electron chi connectivity index (χ0n) is 11.5. The predicted molar refractivity (Wildman–Crippen MR) is 66.9 cm³/mol. The fourth-order valence-electron chi connectivity index (χ4n) is 2.78. The molecular formula is C13H23NO4. The van der Waals surface area contributed by atoms with Gasteiger partial charge in [0.25, 0.3) is 0 Å². The van der Waals surface area contributed by atoms with E-state index < -0.39 is 23.4 Å². The number of carbonyl (C=O) groups excluding carboxylic acids is 1. The van der Waals surface area contributed by atoms with Crippen molar-refractivity contribution in [3.8, 4) is 0 Å². The Bertz CT molecular complexity index is 334. The minimum absolute atomic E-state index is 0.172. The fraction of sp³-hybridized carbons (Fsp3) is 0.846. The van der Waals surface area contributed by atoms with Gasteiger partial charge in [0.2, 0.25) is 5.91 Å². The largest absolute Gasteiger partial charge is 0.481 e. The van der Waals surface area contributed by atoms with Crippen LogP contribution < -0.4 is 0 Å². The summed E-state index contributed by atoms with van der Waals surface area (Å²) in [7, 11) is 1.61. The van der Waals surface area contributed by atoms with Gasteiger partial charge in [-0.05, 0) is 32.6 Å². The highest BCUT2D eigenvalue weighted by Crippen LogP contribution is 2.37. The van der Waals surface area contributed by atoms with Gasteiger partial charge in [0, 0.05) is 13.6 Å². The zero-order chi connectivity index (χ0) is 14.1. The molecule has 1 rings (SSSR count). The molecule has 0 aromatic carbocycles. The van der Waals surface area contributed by atoms with Crippen molar-refractivity contribution in [2.24, 2.45) is 17.8 Å². The van der Waals surface area contributed by atoms with E-state index in [9.17, 15) is 14.7 Å². The lowest BCUT2D eigenvalue weighted by molar-refractivity contribution is -0.149. The third-order valence-corrected chi connectivity index (χ3v) is 3.43. The number of carboxylic acids is 1. The van der Waals surface area contributed by atoms with Gasteiger partial charge in [-0.1, -0.05) is 6.92 Å². The molecule has 0 aliphatic heterocycles. The van der Waals surface area contributed by atoms with Crippen LogP contribution in [0.3, 0.4) is 0 Å². The van der Waals surface area contributed by atoms with E-state index in [1.807, 2.05) is 6.92 Å². The summed E-state index contributed by atoms with van der Waals surface area (Å²) in [5.41, 5.74) is -0.965. The van der Waals surface area contributed by atoms with Gasteiger partial charge in [0.1, 0.15) is 0 Å². The molecule has 0 aromatic rings. The van der Waals surface area contributed by atoms with Crippen LogP contribution in [0.5, 0.6) is 0 Å². The first-order valence-corrected chi connectivity index (χ1v) is 6.32. The van der Waals surface area contributed by atoms with Crippen LogP contribution in [0.1, 0.15) is 33.6 Å². The standard InChI is InChI=1S/C13H23NO4/c1-8-5-9(10(6-8)12(16)17)11(15)14(4)7-13(2,3)18/h8-10,18H,5-7H2,1-4H3,(H,16,17). The molecule has 0 saturated heterocycles. The Morgan fingerprint density at radius 2 is 1.78 bits per heavy atom. The van der Waals surface area contributed by atoms with E-state index in [-0.39, 0.29) is 18.4 Å². The molecule has 1 amide bonds. The van der Waals surface area contributed by atoms with E-state index in [0.717, 1.165) is 0 Å². The van der Waals surface area contributed by atoms with Gasteiger partial charge in [-0.25, -0.2) is 0 Å². The molecule has 3 unspecified atom stereocenters. The van der Waals surface area contributed by atoms with Crippen LogP contribution in [-0.2, 0) is 9.59 Å². The first-order chi connectivity index (χ1) is 8.11. The maximum Gasteiger partial charge on any atom is 0.307 e. The second-order valence-corrected chi connectivity index (χ2v) is 6.13. The first-order valence-electron chi connectivity index (χ1n) is 6.32. The summed E-state index contributed by atoms with van der Waals surface area (Å²) in [5, 5.41) is 18.8. The van der Waals surface area contributed by atoms with Crippen LogP contribution in [0.2, 0.25) is 0 Å². The van der Waals surface area contributed by atoms with Gasteiger partial charge < -0.3 is 15.1 Å². The molecule has 1 fully saturated rings. The Labute approximate surface area is 108 Å². The smallest absolute Gasteiger partial charge is 0.307 e. The highest BCUT2D eigenvalue weighted by molar-refractivity contribution is 5.85. The van der Waals surface area contributed by atoms with Gasteiger partial charge in [-0.3, -0.25) is 9.59 Å². The molecule has 0 heterocycles. The number of amides is 1. The Morgan fingerprint density at radius 1 is 1.28 bits per heavy atom. The third-order valence-electron chi connectivity index (χ3n) is 3.43. The average molecular weight is 257 g/mol. The normalized spacial score (nSPS) is 28.2. The van der Waals surface area contributed by atoms with Crippen LogP contribution in [0, 0.1) is 17.8 Å². The summed E-state index contributed by atoms with van der Waals surface area (Å²) in [6, 6.07) is 0. The molecule has 0 radical (unpaired) electrons. The van der Waals surface area contributed by atoms with Gasteiger partial charge in [-0.2, -0.15) is 0 Å². The summed E-state index contributed by atoms with van der Waals surface area (Å²) in [4.78, 5) is 24.8. The molecule has 3 atom stereocenters.